The first kappa shape index (κ1) is 37.9. The standard InChI is InChI=1S/C36H30N3O6P3.C6H5Cl/c1-7-19-31(20-8-1)40-38-46(42-33-23-11-3-12-24-33)37-48(44-35-27-15-5-16-28-35,45-36-29-17-6-18-30-36)39(41-32-21-9-2-10-22-32)47(38)43-34-25-13-4-14-26-34;7-6-4-2-1-3-5-6/h1-30H;1-5H. The van der Waals surface area contributed by atoms with Crippen molar-refractivity contribution in [2.75, 3.05) is 0 Å². The predicted octanol–water partition coefficient (Wildman–Crippen LogP) is 13.6. The normalized spacial score (nSPS) is 16.2. The van der Waals surface area contributed by atoms with Gasteiger partial charge in [0.25, 0.3) is 0 Å². The minimum Gasteiger partial charge on any atom is -0.440 e. The van der Waals surface area contributed by atoms with Crippen LogP contribution in [0.4, 0.5) is 0 Å². The number of benzene rings is 7. The molecule has 2 unspecified atom stereocenters. The number of nitrogens with zero attached hydrogens (tertiary/aromatic N) is 3. The second-order valence-corrected chi connectivity index (χ2v) is 17.3. The van der Waals surface area contributed by atoms with Crippen molar-refractivity contribution < 1.29 is 27.8 Å². The van der Waals surface area contributed by atoms with E-state index in [0.29, 0.717) is 34.5 Å². The summed E-state index contributed by atoms with van der Waals surface area (Å²) in [5.74, 6) is 3.27. The molecule has 8 rings (SSSR count). The second kappa shape index (κ2) is 19.3. The first-order valence-corrected chi connectivity index (χ1v) is 21.3. The number of halogens is 1. The topological polar surface area (TPSA) is 74.2 Å². The first-order valence-electron chi connectivity index (χ1n) is 17.1. The molecule has 0 spiro atoms. The van der Waals surface area contributed by atoms with Gasteiger partial charge in [-0.05, 0) is 84.9 Å². The third-order valence-electron chi connectivity index (χ3n) is 7.23. The Bertz CT molecular complexity index is 2180. The van der Waals surface area contributed by atoms with Crippen molar-refractivity contribution in [2.45, 2.75) is 0 Å². The van der Waals surface area contributed by atoms with Gasteiger partial charge in [0.1, 0.15) is 34.5 Å². The molecular formula is C42H35ClN3O6P3. The molecule has 2 atom stereocenters. The summed E-state index contributed by atoms with van der Waals surface area (Å²) in [5.41, 5.74) is 0. The summed E-state index contributed by atoms with van der Waals surface area (Å²) in [4.78, 5) is 13.4. The van der Waals surface area contributed by atoms with Gasteiger partial charge in [0.05, 0.1) is 0 Å². The largest absolute Gasteiger partial charge is 0.447 e. The lowest BCUT2D eigenvalue weighted by molar-refractivity contribution is 0.0545. The van der Waals surface area contributed by atoms with Gasteiger partial charge in [-0.15, -0.1) is 4.52 Å². The van der Waals surface area contributed by atoms with Crippen LogP contribution in [0.2, 0.25) is 5.02 Å². The van der Waals surface area contributed by atoms with Gasteiger partial charge in [-0.3, -0.25) is 0 Å². The lowest BCUT2D eigenvalue weighted by Gasteiger charge is -2.43. The van der Waals surface area contributed by atoms with Crippen LogP contribution in [-0.4, -0.2) is 9.21 Å². The highest BCUT2D eigenvalue weighted by Crippen LogP contribution is 2.77. The zero-order valence-corrected chi connectivity index (χ0v) is 32.7. The van der Waals surface area contributed by atoms with E-state index in [1.54, 1.807) is 9.21 Å². The molecule has 9 nitrogen and oxygen atoms in total. The molecular weight excluding hydrogens is 771 g/mol. The molecule has 0 aromatic heterocycles. The zero-order chi connectivity index (χ0) is 37.5. The van der Waals surface area contributed by atoms with E-state index in [1.165, 1.54) is 0 Å². The SMILES string of the molecule is Clc1ccccc1.c1ccc(ON2P(Oc3ccccc3)N=P(Oc3ccccc3)(Oc3ccccc3)N(Oc3ccccc3)P2Oc2ccccc2)cc1. The molecule has 55 heavy (non-hydrogen) atoms. The molecule has 276 valence electrons. The smallest absolute Gasteiger partial charge is 0.440 e. The third kappa shape index (κ3) is 10.7. The molecule has 0 fully saturated rings. The molecule has 0 aliphatic carbocycles. The Morgan fingerprint density at radius 3 is 1.15 bits per heavy atom. The molecule has 0 radical (unpaired) electrons. The summed E-state index contributed by atoms with van der Waals surface area (Å²) >= 11 is 5.54. The Morgan fingerprint density at radius 2 is 0.745 bits per heavy atom. The summed E-state index contributed by atoms with van der Waals surface area (Å²) in [5, 5.41) is 0.794. The zero-order valence-electron chi connectivity index (χ0n) is 29.2. The Morgan fingerprint density at radius 1 is 0.400 bits per heavy atom. The van der Waals surface area contributed by atoms with E-state index < -0.39 is 24.6 Å². The summed E-state index contributed by atoms with van der Waals surface area (Å²) < 4.78 is 35.7. The molecule has 1 aliphatic heterocycles. The van der Waals surface area contributed by atoms with Crippen molar-refractivity contribution in [1.82, 2.24) is 9.21 Å². The van der Waals surface area contributed by atoms with Gasteiger partial charge < -0.3 is 27.8 Å². The average molecular weight is 806 g/mol. The average Bonchev–Trinajstić information content (AvgIpc) is 3.23. The van der Waals surface area contributed by atoms with E-state index in [2.05, 4.69) is 0 Å². The summed E-state index contributed by atoms with van der Waals surface area (Å²) in [7, 11) is -7.86. The predicted molar refractivity (Wildman–Crippen MR) is 221 cm³/mol. The molecule has 13 heteroatoms. The monoisotopic (exact) mass is 805 g/mol. The lowest BCUT2D eigenvalue weighted by Crippen LogP contribution is -2.37. The summed E-state index contributed by atoms with van der Waals surface area (Å²) in [6.07, 6.45) is 0. The molecule has 1 aliphatic rings. The van der Waals surface area contributed by atoms with Gasteiger partial charge in [-0.2, -0.15) is 0 Å². The van der Waals surface area contributed by atoms with Crippen LogP contribution in [0, 0.1) is 0 Å². The van der Waals surface area contributed by atoms with Gasteiger partial charge >= 0.3 is 24.6 Å². The Labute approximate surface area is 328 Å². The summed E-state index contributed by atoms with van der Waals surface area (Å²) in [6, 6.07) is 65.9. The van der Waals surface area contributed by atoms with E-state index in [-0.39, 0.29) is 0 Å². The van der Waals surface area contributed by atoms with Crippen LogP contribution < -0.4 is 27.8 Å². The fourth-order valence-corrected chi connectivity index (χ4v) is 12.4. The number of hydrogen-bond donors (Lipinski definition) is 0. The van der Waals surface area contributed by atoms with Gasteiger partial charge in [0, 0.05) is 14.2 Å². The first-order chi connectivity index (χ1) is 27.1. The molecule has 0 bridgehead atoms. The second-order valence-electron chi connectivity index (χ2n) is 11.3. The van der Waals surface area contributed by atoms with E-state index >= 15 is 0 Å². The van der Waals surface area contributed by atoms with Crippen LogP contribution in [0.3, 0.4) is 0 Å². The fraction of sp³-hybridized carbons (Fsp3) is 0. The van der Waals surface area contributed by atoms with Crippen LogP contribution in [-0.2, 0) is 0 Å². The van der Waals surface area contributed by atoms with Crippen LogP contribution in [0.25, 0.3) is 0 Å². The van der Waals surface area contributed by atoms with Crippen molar-refractivity contribution in [1.29, 1.82) is 0 Å². The fourth-order valence-electron chi connectivity index (χ4n) is 4.75. The van der Waals surface area contributed by atoms with Crippen LogP contribution >= 0.6 is 36.2 Å². The van der Waals surface area contributed by atoms with E-state index in [1.807, 2.05) is 212 Å². The maximum absolute atomic E-state index is 6.88. The van der Waals surface area contributed by atoms with E-state index in [9.17, 15) is 0 Å². The van der Waals surface area contributed by atoms with Gasteiger partial charge in [-0.25, -0.2) is 0 Å². The van der Waals surface area contributed by atoms with Crippen molar-refractivity contribution in [3.05, 3.63) is 217 Å². The summed E-state index contributed by atoms with van der Waals surface area (Å²) in [6.45, 7) is 0. The Balaban J connectivity index is 0.000000599. The van der Waals surface area contributed by atoms with E-state index in [4.69, 9.17) is 43.9 Å². The van der Waals surface area contributed by atoms with E-state index in [0.717, 1.165) is 5.02 Å². The van der Waals surface area contributed by atoms with Crippen LogP contribution in [0.1, 0.15) is 0 Å². The van der Waals surface area contributed by atoms with Crippen molar-refractivity contribution in [3.8, 4) is 34.5 Å². The quantitative estimate of drug-likeness (QED) is 0.113. The highest BCUT2D eigenvalue weighted by Gasteiger charge is 2.58. The molecule has 7 aromatic carbocycles. The third-order valence-corrected chi connectivity index (χ3v) is 14.3. The maximum atomic E-state index is 6.88. The number of hydrogen-bond acceptors (Lipinski definition) is 9. The van der Waals surface area contributed by atoms with Crippen molar-refractivity contribution in [3.63, 3.8) is 0 Å². The number of para-hydroxylation sites is 6. The molecule has 0 saturated carbocycles. The van der Waals surface area contributed by atoms with Crippen molar-refractivity contribution >= 4 is 36.2 Å². The Kier molecular flexibility index (Phi) is 13.3. The van der Waals surface area contributed by atoms with Gasteiger partial charge in [0.15, 0.2) is 0 Å². The highest BCUT2D eigenvalue weighted by molar-refractivity contribution is 7.78. The van der Waals surface area contributed by atoms with Gasteiger partial charge in [-0.1, -0.05) is 139 Å². The maximum Gasteiger partial charge on any atom is 0.447 e. The molecule has 0 N–H and O–H groups in total. The Hall–Kier alpha value is -5.36. The minimum atomic E-state index is -3.72. The number of rotatable bonds is 12. The lowest BCUT2D eigenvalue weighted by atomic mass is 10.3. The molecule has 1 heterocycles. The van der Waals surface area contributed by atoms with Gasteiger partial charge in [0.2, 0.25) is 0 Å². The highest BCUT2D eigenvalue weighted by atomic mass is 35.5. The molecule has 7 aromatic rings. The van der Waals surface area contributed by atoms with Crippen LogP contribution in [0.15, 0.2) is 217 Å². The molecule has 0 saturated heterocycles. The minimum absolute atomic E-state index is 0.518. The molecule has 0 amide bonds. The van der Waals surface area contributed by atoms with Crippen molar-refractivity contribution in [2.24, 2.45) is 4.52 Å². The van der Waals surface area contributed by atoms with Crippen LogP contribution in [0.5, 0.6) is 34.5 Å².